The van der Waals surface area contributed by atoms with E-state index in [1.165, 1.54) is 17.5 Å². The average molecular weight is 192 g/mol. The third-order valence-electron chi connectivity index (χ3n) is 1.08. The largest absolute Gasteiger partial charge is 0.481 e. The van der Waals surface area contributed by atoms with Crippen molar-refractivity contribution in [2.24, 2.45) is 0 Å². The van der Waals surface area contributed by atoms with Gasteiger partial charge < -0.3 is 5.11 Å². The zero-order valence-electron chi connectivity index (χ0n) is 5.58. The summed E-state index contributed by atoms with van der Waals surface area (Å²) in [6.45, 7) is 0. The number of nitrogens with zero attached hydrogens (tertiary/aromatic N) is 1. The van der Waals surface area contributed by atoms with Crippen LogP contribution in [-0.4, -0.2) is 16.1 Å². The van der Waals surface area contributed by atoms with E-state index in [2.05, 4.69) is 4.98 Å². The van der Waals surface area contributed by atoms with Crippen molar-refractivity contribution in [1.29, 1.82) is 0 Å². The minimum Gasteiger partial charge on any atom is -0.481 e. The van der Waals surface area contributed by atoms with Gasteiger partial charge in [-0.3, -0.25) is 4.79 Å². The van der Waals surface area contributed by atoms with E-state index >= 15 is 0 Å². The molecule has 5 heteroatoms. The number of hydrogen-bond donors (Lipinski definition) is 1. The first kappa shape index (κ1) is 8.49. The molecule has 3 nitrogen and oxygen atoms in total. The Morgan fingerprint density at radius 3 is 3.00 bits per heavy atom. The molecule has 0 saturated heterocycles. The highest BCUT2D eigenvalue weighted by molar-refractivity contribution is 7.15. The normalized spacial score (nSPS) is 9.91. The first-order valence-electron chi connectivity index (χ1n) is 3.00. The van der Waals surface area contributed by atoms with Crippen molar-refractivity contribution >= 4 is 28.9 Å². The zero-order chi connectivity index (χ0) is 8.27. The number of carboxylic acid groups (broad SMARTS) is 1. The molecule has 1 aromatic heterocycles. The number of aliphatic carboxylic acids is 1. The van der Waals surface area contributed by atoms with Gasteiger partial charge >= 0.3 is 5.97 Å². The number of aryl methyl sites for hydroxylation is 1. The van der Waals surface area contributed by atoms with Gasteiger partial charge in [-0.05, 0) is 0 Å². The van der Waals surface area contributed by atoms with Gasteiger partial charge in [0.05, 0.1) is 17.6 Å². The van der Waals surface area contributed by atoms with Crippen molar-refractivity contribution < 1.29 is 9.90 Å². The number of hydrogen-bond acceptors (Lipinski definition) is 3. The van der Waals surface area contributed by atoms with Gasteiger partial charge in [0.25, 0.3) is 0 Å². The van der Waals surface area contributed by atoms with Gasteiger partial charge in [0, 0.05) is 6.42 Å². The van der Waals surface area contributed by atoms with Crippen molar-refractivity contribution in [1.82, 2.24) is 4.98 Å². The van der Waals surface area contributed by atoms with E-state index < -0.39 is 5.97 Å². The Hall–Kier alpha value is -0.610. The molecule has 0 aliphatic heterocycles. The van der Waals surface area contributed by atoms with Crippen LogP contribution in [0, 0.1) is 0 Å². The summed E-state index contributed by atoms with van der Waals surface area (Å²) in [4.78, 5) is 14.0. The van der Waals surface area contributed by atoms with E-state index in [0.29, 0.717) is 10.8 Å². The standard InChI is InChI=1S/C6H6ClNO2S/c7-4-3-8-5(11-4)1-2-6(9)10/h3H,1-2H2,(H,9,10). The summed E-state index contributed by atoms with van der Waals surface area (Å²) in [6.07, 6.45) is 2.11. The fraction of sp³-hybridized carbons (Fsp3) is 0.333. The Morgan fingerprint density at radius 1 is 1.82 bits per heavy atom. The Morgan fingerprint density at radius 2 is 2.55 bits per heavy atom. The first-order valence-corrected chi connectivity index (χ1v) is 4.20. The third kappa shape index (κ3) is 2.86. The van der Waals surface area contributed by atoms with Crippen LogP contribution < -0.4 is 0 Å². The average Bonchev–Trinajstić information content (AvgIpc) is 2.31. The molecule has 60 valence electrons. The highest BCUT2D eigenvalue weighted by atomic mass is 35.5. The Balaban J connectivity index is 2.45. The highest BCUT2D eigenvalue weighted by Gasteiger charge is 2.02. The minimum atomic E-state index is -0.809. The van der Waals surface area contributed by atoms with Crippen LogP contribution in [0.5, 0.6) is 0 Å². The van der Waals surface area contributed by atoms with Crippen LogP contribution in [0.25, 0.3) is 0 Å². The van der Waals surface area contributed by atoms with E-state index in [0.717, 1.165) is 5.01 Å². The molecule has 0 atom stereocenters. The lowest BCUT2D eigenvalue weighted by molar-refractivity contribution is -0.136. The molecular weight excluding hydrogens is 186 g/mol. The summed E-state index contributed by atoms with van der Waals surface area (Å²) in [5, 5.41) is 9.10. The molecule has 1 N–H and O–H groups in total. The maximum absolute atomic E-state index is 10.1. The summed E-state index contributed by atoms with van der Waals surface area (Å²) in [5.41, 5.74) is 0. The fourth-order valence-electron chi connectivity index (χ4n) is 0.617. The lowest BCUT2D eigenvalue weighted by Crippen LogP contribution is -1.96. The maximum Gasteiger partial charge on any atom is 0.303 e. The number of carbonyl (C=O) groups is 1. The number of carboxylic acids is 1. The molecule has 0 fully saturated rings. The summed E-state index contributed by atoms with van der Waals surface area (Å²) in [7, 11) is 0. The van der Waals surface area contributed by atoms with Crippen LogP contribution in [0.3, 0.4) is 0 Å². The number of aromatic nitrogens is 1. The number of halogens is 1. The molecule has 0 saturated carbocycles. The second kappa shape index (κ2) is 3.69. The maximum atomic E-state index is 10.1. The lowest BCUT2D eigenvalue weighted by Gasteiger charge is -1.88. The van der Waals surface area contributed by atoms with Gasteiger partial charge in [-0.1, -0.05) is 11.6 Å². The number of rotatable bonds is 3. The van der Waals surface area contributed by atoms with E-state index in [4.69, 9.17) is 16.7 Å². The summed E-state index contributed by atoms with van der Waals surface area (Å²) < 4.78 is 0.602. The number of thiazole rings is 1. The van der Waals surface area contributed by atoms with Crippen LogP contribution in [0.15, 0.2) is 6.20 Å². The summed E-state index contributed by atoms with van der Waals surface area (Å²) in [5.74, 6) is -0.809. The van der Waals surface area contributed by atoms with Gasteiger partial charge in [0.15, 0.2) is 0 Å². The van der Waals surface area contributed by atoms with Crippen LogP contribution in [-0.2, 0) is 11.2 Å². The molecule has 0 unspecified atom stereocenters. The van der Waals surface area contributed by atoms with E-state index in [-0.39, 0.29) is 6.42 Å². The third-order valence-corrected chi connectivity index (χ3v) is 2.25. The van der Waals surface area contributed by atoms with Crippen LogP contribution in [0.2, 0.25) is 4.34 Å². The second-order valence-corrected chi connectivity index (χ2v) is 3.70. The lowest BCUT2D eigenvalue weighted by atomic mass is 10.3. The molecule has 0 aromatic carbocycles. The molecule has 0 radical (unpaired) electrons. The van der Waals surface area contributed by atoms with Crippen LogP contribution >= 0.6 is 22.9 Å². The van der Waals surface area contributed by atoms with Crippen molar-refractivity contribution in [2.75, 3.05) is 0 Å². The second-order valence-electron chi connectivity index (χ2n) is 1.95. The molecule has 0 spiro atoms. The molecule has 1 heterocycles. The first-order chi connectivity index (χ1) is 5.18. The quantitative estimate of drug-likeness (QED) is 0.793. The molecule has 0 bridgehead atoms. The van der Waals surface area contributed by atoms with Crippen molar-refractivity contribution in [2.45, 2.75) is 12.8 Å². The van der Waals surface area contributed by atoms with Gasteiger partial charge in [-0.15, -0.1) is 11.3 Å². The SMILES string of the molecule is O=C(O)CCc1ncc(Cl)s1. The smallest absolute Gasteiger partial charge is 0.303 e. The Labute approximate surface area is 72.6 Å². The topological polar surface area (TPSA) is 50.2 Å². The Bertz CT molecular complexity index is 261. The van der Waals surface area contributed by atoms with Gasteiger partial charge in [-0.2, -0.15) is 0 Å². The van der Waals surface area contributed by atoms with Crippen LogP contribution in [0.1, 0.15) is 11.4 Å². The monoisotopic (exact) mass is 191 g/mol. The Kier molecular flexibility index (Phi) is 2.84. The van der Waals surface area contributed by atoms with Crippen molar-refractivity contribution in [3.05, 3.63) is 15.5 Å². The molecule has 0 aliphatic rings. The predicted molar refractivity (Wildman–Crippen MR) is 43.1 cm³/mol. The van der Waals surface area contributed by atoms with Gasteiger partial charge in [-0.25, -0.2) is 4.98 Å². The minimum absolute atomic E-state index is 0.115. The van der Waals surface area contributed by atoms with Gasteiger partial charge in [0.1, 0.15) is 4.34 Å². The molecule has 0 amide bonds. The molecule has 0 aliphatic carbocycles. The summed E-state index contributed by atoms with van der Waals surface area (Å²) in [6, 6.07) is 0. The molecule has 1 aromatic rings. The van der Waals surface area contributed by atoms with Crippen molar-refractivity contribution in [3.63, 3.8) is 0 Å². The zero-order valence-corrected chi connectivity index (χ0v) is 7.15. The van der Waals surface area contributed by atoms with Gasteiger partial charge in [0.2, 0.25) is 0 Å². The molecule has 11 heavy (non-hydrogen) atoms. The van der Waals surface area contributed by atoms with E-state index in [1.54, 1.807) is 0 Å². The van der Waals surface area contributed by atoms with Crippen molar-refractivity contribution in [3.8, 4) is 0 Å². The summed E-state index contributed by atoms with van der Waals surface area (Å²) >= 11 is 6.91. The fourth-order valence-corrected chi connectivity index (χ4v) is 1.57. The predicted octanol–water partition coefficient (Wildman–Crippen LogP) is 1.81. The van der Waals surface area contributed by atoms with E-state index in [1.807, 2.05) is 0 Å². The van der Waals surface area contributed by atoms with E-state index in [9.17, 15) is 4.79 Å². The van der Waals surface area contributed by atoms with Crippen LogP contribution in [0.4, 0.5) is 0 Å². The molecule has 1 rings (SSSR count). The molecular formula is C6H6ClNO2S. The highest BCUT2D eigenvalue weighted by Crippen LogP contribution is 2.18.